The number of aromatic nitrogens is 2. The molecule has 0 bridgehead atoms. The van der Waals surface area contributed by atoms with E-state index < -0.39 is 11.1 Å². The highest BCUT2D eigenvalue weighted by atomic mass is 35.5. The summed E-state index contributed by atoms with van der Waals surface area (Å²) in [6.07, 6.45) is 1.67. The zero-order valence-electron chi connectivity index (χ0n) is 11.5. The van der Waals surface area contributed by atoms with Gasteiger partial charge in [0.2, 0.25) is 0 Å². The average molecular weight is 309 g/mol. The second kappa shape index (κ2) is 5.63. The third-order valence-electron chi connectivity index (χ3n) is 3.92. The van der Waals surface area contributed by atoms with Crippen molar-refractivity contribution in [3.8, 4) is 0 Å². The van der Waals surface area contributed by atoms with Gasteiger partial charge in [-0.2, -0.15) is 0 Å². The first kappa shape index (κ1) is 14.3. The number of benzene rings is 1. The number of aromatic amines is 1. The minimum absolute atomic E-state index is 0.135. The fourth-order valence-corrected chi connectivity index (χ4v) is 3.19. The van der Waals surface area contributed by atoms with Crippen LogP contribution >= 0.6 is 11.6 Å². The predicted octanol–water partition coefficient (Wildman–Crippen LogP) is 0.896. The van der Waals surface area contributed by atoms with Crippen LogP contribution in [0.3, 0.4) is 0 Å². The number of nitrogens with zero attached hydrogens (tertiary/aromatic N) is 2. The lowest BCUT2D eigenvalue weighted by Gasteiger charge is -2.26. The minimum atomic E-state index is -0.607. The Kier molecular flexibility index (Phi) is 3.84. The molecule has 0 aliphatic carbocycles. The van der Waals surface area contributed by atoms with Gasteiger partial charge in [-0.15, -0.1) is 0 Å². The summed E-state index contributed by atoms with van der Waals surface area (Å²) in [7, 11) is 0. The number of nitrogens with two attached hydrogens (primary N) is 1. The highest BCUT2D eigenvalue weighted by Gasteiger charge is 2.28. The van der Waals surface area contributed by atoms with Gasteiger partial charge in [-0.05, 0) is 31.0 Å². The Labute approximate surface area is 126 Å². The highest BCUT2D eigenvalue weighted by molar-refractivity contribution is 6.31. The summed E-state index contributed by atoms with van der Waals surface area (Å²) < 4.78 is 1.56. The van der Waals surface area contributed by atoms with Gasteiger partial charge in [-0.1, -0.05) is 11.6 Å². The molecule has 2 aromatic rings. The molecule has 112 valence electrons. The van der Waals surface area contributed by atoms with Crippen molar-refractivity contribution in [2.75, 3.05) is 19.6 Å². The summed E-state index contributed by atoms with van der Waals surface area (Å²) in [6, 6.07) is 5.13. The van der Waals surface area contributed by atoms with Crippen LogP contribution in [0.2, 0.25) is 5.02 Å². The summed E-state index contributed by atoms with van der Waals surface area (Å²) >= 11 is 6.05. The van der Waals surface area contributed by atoms with Crippen molar-refractivity contribution in [2.24, 2.45) is 5.73 Å². The van der Waals surface area contributed by atoms with Crippen LogP contribution in [0, 0.1) is 0 Å². The summed E-state index contributed by atoms with van der Waals surface area (Å²) in [5, 5.41) is 0.533. The van der Waals surface area contributed by atoms with Crippen molar-refractivity contribution in [3.63, 3.8) is 0 Å². The summed E-state index contributed by atoms with van der Waals surface area (Å²) in [5.41, 5.74) is 5.75. The molecule has 3 rings (SSSR count). The zero-order valence-corrected chi connectivity index (χ0v) is 12.3. The van der Waals surface area contributed by atoms with Gasteiger partial charge < -0.3 is 10.7 Å². The average Bonchev–Trinajstić information content (AvgIpc) is 2.89. The molecule has 2 heterocycles. The second-order valence-corrected chi connectivity index (χ2v) is 5.67. The van der Waals surface area contributed by atoms with E-state index in [2.05, 4.69) is 9.88 Å². The maximum absolute atomic E-state index is 12.3. The number of halogens is 1. The lowest BCUT2D eigenvalue weighted by Crippen LogP contribution is -2.43. The van der Waals surface area contributed by atoms with Crippen molar-refractivity contribution in [1.82, 2.24) is 14.5 Å². The molecule has 1 aromatic carbocycles. The maximum atomic E-state index is 12.3. The van der Waals surface area contributed by atoms with Gasteiger partial charge in [-0.25, -0.2) is 0 Å². The molecule has 1 aromatic heterocycles. The van der Waals surface area contributed by atoms with E-state index in [1.165, 1.54) is 0 Å². The molecule has 7 heteroatoms. The molecule has 21 heavy (non-hydrogen) atoms. The van der Waals surface area contributed by atoms with Gasteiger partial charge in [-0.3, -0.25) is 19.1 Å². The van der Waals surface area contributed by atoms with Crippen molar-refractivity contribution < 1.29 is 0 Å². The SMILES string of the molecule is NCCN1CCCC1n1c(=O)c(=O)[nH]c2ccc(Cl)cc21. The number of hydrogen-bond donors (Lipinski definition) is 2. The maximum Gasteiger partial charge on any atom is 0.318 e. The smallest absolute Gasteiger partial charge is 0.318 e. The van der Waals surface area contributed by atoms with Gasteiger partial charge in [0.05, 0.1) is 17.2 Å². The number of nitrogens with one attached hydrogen (secondary N) is 1. The zero-order chi connectivity index (χ0) is 15.0. The number of H-pyrrole nitrogens is 1. The number of hydrogen-bond acceptors (Lipinski definition) is 4. The molecule has 3 N–H and O–H groups in total. The van der Waals surface area contributed by atoms with E-state index in [-0.39, 0.29) is 6.17 Å². The number of fused-ring (bicyclic) bond motifs is 1. The van der Waals surface area contributed by atoms with E-state index in [9.17, 15) is 9.59 Å². The Bertz CT molecular complexity index is 783. The molecule has 1 fully saturated rings. The molecular weight excluding hydrogens is 292 g/mol. The van der Waals surface area contributed by atoms with E-state index >= 15 is 0 Å². The van der Waals surface area contributed by atoms with Crippen LogP contribution in [0.15, 0.2) is 27.8 Å². The molecule has 0 radical (unpaired) electrons. The third kappa shape index (κ3) is 2.50. The molecule has 0 amide bonds. The second-order valence-electron chi connectivity index (χ2n) is 5.24. The molecule has 1 aliphatic rings. The first-order valence-corrected chi connectivity index (χ1v) is 7.38. The van der Waals surface area contributed by atoms with Crippen LogP contribution in [0.5, 0.6) is 0 Å². The van der Waals surface area contributed by atoms with Crippen molar-refractivity contribution in [1.29, 1.82) is 0 Å². The number of likely N-dealkylation sites (tertiary alicyclic amines) is 1. The third-order valence-corrected chi connectivity index (χ3v) is 4.16. The Balaban J connectivity index is 2.25. The first-order chi connectivity index (χ1) is 10.1. The van der Waals surface area contributed by atoms with E-state index in [0.717, 1.165) is 19.4 Å². The van der Waals surface area contributed by atoms with Gasteiger partial charge in [0.1, 0.15) is 0 Å². The Morgan fingerprint density at radius 3 is 2.95 bits per heavy atom. The molecule has 6 nitrogen and oxygen atoms in total. The molecule has 1 aliphatic heterocycles. The van der Waals surface area contributed by atoms with Crippen molar-refractivity contribution in [2.45, 2.75) is 19.0 Å². The van der Waals surface area contributed by atoms with Gasteiger partial charge >= 0.3 is 11.1 Å². The standard InChI is InChI=1S/C14H17ClN4O2/c15-9-3-4-10-11(8-9)19(14(21)13(20)17-10)12-2-1-6-18(12)7-5-16/h3-4,8,12H,1-2,5-7,16H2,(H,17,20). The summed E-state index contributed by atoms with van der Waals surface area (Å²) in [5.74, 6) is 0. The Morgan fingerprint density at radius 2 is 2.19 bits per heavy atom. The van der Waals surface area contributed by atoms with Gasteiger partial charge in [0, 0.05) is 24.7 Å². The molecular formula is C14H17ClN4O2. The fourth-order valence-electron chi connectivity index (χ4n) is 3.03. The summed E-state index contributed by atoms with van der Waals surface area (Å²) in [6.45, 7) is 2.10. The normalized spacial score (nSPS) is 19.4. The molecule has 0 spiro atoms. The van der Waals surface area contributed by atoms with Crippen LogP contribution < -0.4 is 16.9 Å². The van der Waals surface area contributed by atoms with Crippen molar-refractivity contribution >= 4 is 22.6 Å². The Hall–Kier alpha value is -1.63. The lowest BCUT2D eigenvalue weighted by atomic mass is 10.2. The van der Waals surface area contributed by atoms with Crippen molar-refractivity contribution in [3.05, 3.63) is 43.9 Å². The topological polar surface area (TPSA) is 84.1 Å². The quantitative estimate of drug-likeness (QED) is 0.825. The minimum Gasteiger partial charge on any atom is -0.329 e. The molecule has 1 saturated heterocycles. The van der Waals surface area contributed by atoms with Crippen LogP contribution in [-0.2, 0) is 0 Å². The molecule has 0 saturated carbocycles. The fraction of sp³-hybridized carbons (Fsp3) is 0.429. The van der Waals surface area contributed by atoms with E-state index in [1.54, 1.807) is 22.8 Å². The lowest BCUT2D eigenvalue weighted by molar-refractivity contribution is 0.199. The largest absolute Gasteiger partial charge is 0.329 e. The molecule has 1 unspecified atom stereocenters. The predicted molar refractivity (Wildman–Crippen MR) is 82.7 cm³/mol. The summed E-state index contributed by atoms with van der Waals surface area (Å²) in [4.78, 5) is 29.0. The number of rotatable bonds is 3. The van der Waals surface area contributed by atoms with E-state index in [1.807, 2.05) is 0 Å². The van der Waals surface area contributed by atoms with Gasteiger partial charge in [0.25, 0.3) is 0 Å². The van der Waals surface area contributed by atoms with E-state index in [4.69, 9.17) is 17.3 Å². The monoisotopic (exact) mass is 308 g/mol. The van der Waals surface area contributed by atoms with Crippen LogP contribution in [-0.4, -0.2) is 34.1 Å². The van der Waals surface area contributed by atoms with Crippen LogP contribution in [0.4, 0.5) is 0 Å². The van der Waals surface area contributed by atoms with E-state index in [0.29, 0.717) is 29.1 Å². The van der Waals surface area contributed by atoms with Crippen LogP contribution in [0.25, 0.3) is 11.0 Å². The Morgan fingerprint density at radius 1 is 1.38 bits per heavy atom. The highest BCUT2D eigenvalue weighted by Crippen LogP contribution is 2.28. The first-order valence-electron chi connectivity index (χ1n) is 7.00. The van der Waals surface area contributed by atoms with Gasteiger partial charge in [0.15, 0.2) is 0 Å². The molecule has 1 atom stereocenters. The van der Waals surface area contributed by atoms with Crippen LogP contribution in [0.1, 0.15) is 19.0 Å².